The van der Waals surface area contributed by atoms with Gasteiger partial charge >= 0.3 is 0 Å². The van der Waals surface area contributed by atoms with E-state index >= 15 is 0 Å². The third-order valence-corrected chi connectivity index (χ3v) is 3.81. The molecule has 1 rings (SSSR count). The van der Waals surface area contributed by atoms with Crippen LogP contribution in [0.4, 0.5) is 0 Å². The van der Waals surface area contributed by atoms with Crippen molar-refractivity contribution in [2.24, 2.45) is 17.6 Å². The number of carbonyl (C=O) groups excluding carboxylic acids is 1. The minimum Gasteiger partial charge on any atom is -0.396 e. The van der Waals surface area contributed by atoms with Gasteiger partial charge in [0, 0.05) is 26.9 Å². The van der Waals surface area contributed by atoms with E-state index in [1.165, 1.54) is 12.8 Å². The van der Waals surface area contributed by atoms with Gasteiger partial charge in [0.2, 0.25) is 5.91 Å². The minimum atomic E-state index is -0.499. The Balaban J connectivity index is 2.27. The lowest BCUT2D eigenvalue weighted by Gasteiger charge is -2.30. The standard InChI is InChI=1S/C13H26N2O3/c1-18-7-6-12(14)13(17)15-8-10-4-2-3-5-11(10)9-16/h10-12,16H,2-9,14H2,1H3,(H,15,17). The molecule has 0 aromatic rings. The van der Waals surface area contributed by atoms with E-state index in [0.29, 0.717) is 31.4 Å². The first-order valence-electron chi connectivity index (χ1n) is 6.82. The van der Waals surface area contributed by atoms with Gasteiger partial charge in [-0.3, -0.25) is 4.79 Å². The molecular formula is C13H26N2O3. The molecule has 1 aliphatic rings. The van der Waals surface area contributed by atoms with Gasteiger partial charge in [0.15, 0.2) is 0 Å². The van der Waals surface area contributed by atoms with Gasteiger partial charge in [-0.25, -0.2) is 0 Å². The van der Waals surface area contributed by atoms with Crippen molar-refractivity contribution < 1.29 is 14.6 Å². The van der Waals surface area contributed by atoms with Crippen molar-refractivity contribution in [3.05, 3.63) is 0 Å². The maximum Gasteiger partial charge on any atom is 0.237 e. The highest BCUT2D eigenvalue weighted by Crippen LogP contribution is 2.28. The van der Waals surface area contributed by atoms with Crippen molar-refractivity contribution in [1.82, 2.24) is 5.32 Å². The number of ether oxygens (including phenoxy) is 1. The molecule has 1 aliphatic carbocycles. The van der Waals surface area contributed by atoms with Crippen LogP contribution in [0.3, 0.4) is 0 Å². The number of hydrogen-bond donors (Lipinski definition) is 3. The Kier molecular flexibility index (Phi) is 7.23. The lowest BCUT2D eigenvalue weighted by atomic mass is 9.79. The molecule has 0 spiro atoms. The van der Waals surface area contributed by atoms with Crippen LogP contribution < -0.4 is 11.1 Å². The monoisotopic (exact) mass is 258 g/mol. The third-order valence-electron chi connectivity index (χ3n) is 3.81. The molecule has 3 atom stereocenters. The average molecular weight is 258 g/mol. The van der Waals surface area contributed by atoms with Crippen molar-refractivity contribution in [1.29, 1.82) is 0 Å². The lowest BCUT2D eigenvalue weighted by Crippen LogP contribution is -2.44. The second kappa shape index (κ2) is 8.45. The molecule has 5 heteroatoms. The SMILES string of the molecule is COCCC(N)C(=O)NCC1CCCCC1CO. The van der Waals surface area contributed by atoms with E-state index in [4.69, 9.17) is 10.5 Å². The Hall–Kier alpha value is -0.650. The van der Waals surface area contributed by atoms with Crippen LogP contribution in [0, 0.1) is 11.8 Å². The number of aliphatic hydroxyl groups is 1. The van der Waals surface area contributed by atoms with Crippen LogP contribution in [-0.2, 0) is 9.53 Å². The molecule has 1 amide bonds. The van der Waals surface area contributed by atoms with Crippen molar-refractivity contribution in [2.45, 2.75) is 38.1 Å². The highest BCUT2D eigenvalue weighted by Gasteiger charge is 2.25. The van der Waals surface area contributed by atoms with Gasteiger partial charge in [0.25, 0.3) is 0 Å². The lowest BCUT2D eigenvalue weighted by molar-refractivity contribution is -0.123. The van der Waals surface area contributed by atoms with Crippen molar-refractivity contribution >= 4 is 5.91 Å². The fourth-order valence-electron chi connectivity index (χ4n) is 2.53. The zero-order valence-corrected chi connectivity index (χ0v) is 11.2. The Bertz CT molecular complexity index is 248. The molecule has 3 unspecified atom stereocenters. The van der Waals surface area contributed by atoms with E-state index < -0.39 is 6.04 Å². The number of rotatable bonds is 7. The molecule has 0 heterocycles. The van der Waals surface area contributed by atoms with Gasteiger partial charge in [-0.1, -0.05) is 12.8 Å². The van der Waals surface area contributed by atoms with Crippen LogP contribution in [-0.4, -0.2) is 43.9 Å². The number of aliphatic hydroxyl groups excluding tert-OH is 1. The average Bonchev–Trinajstić information content (AvgIpc) is 2.42. The first kappa shape index (κ1) is 15.4. The van der Waals surface area contributed by atoms with Crippen LogP contribution in [0.5, 0.6) is 0 Å². The zero-order valence-electron chi connectivity index (χ0n) is 11.2. The van der Waals surface area contributed by atoms with E-state index in [9.17, 15) is 9.90 Å². The number of nitrogens with two attached hydrogens (primary N) is 1. The highest BCUT2D eigenvalue weighted by atomic mass is 16.5. The summed E-state index contributed by atoms with van der Waals surface area (Å²) in [7, 11) is 1.60. The second-order valence-electron chi connectivity index (χ2n) is 5.12. The molecular weight excluding hydrogens is 232 g/mol. The van der Waals surface area contributed by atoms with E-state index in [0.717, 1.165) is 12.8 Å². The molecule has 0 saturated heterocycles. The molecule has 1 fully saturated rings. The number of carbonyl (C=O) groups is 1. The third kappa shape index (κ3) is 4.92. The Labute approximate surface area is 109 Å². The minimum absolute atomic E-state index is 0.116. The van der Waals surface area contributed by atoms with Crippen LogP contribution in [0.1, 0.15) is 32.1 Å². The van der Waals surface area contributed by atoms with Crippen LogP contribution in [0.15, 0.2) is 0 Å². The smallest absolute Gasteiger partial charge is 0.237 e. The molecule has 106 valence electrons. The Morgan fingerprint density at radius 2 is 2.11 bits per heavy atom. The van der Waals surface area contributed by atoms with E-state index in [2.05, 4.69) is 5.32 Å². The first-order valence-corrected chi connectivity index (χ1v) is 6.82. The van der Waals surface area contributed by atoms with Crippen LogP contribution in [0.25, 0.3) is 0 Å². The summed E-state index contributed by atoms with van der Waals surface area (Å²) in [5, 5.41) is 12.2. The maximum atomic E-state index is 11.7. The summed E-state index contributed by atoms with van der Waals surface area (Å²) in [4.78, 5) is 11.7. The Morgan fingerprint density at radius 3 is 2.72 bits per heavy atom. The molecule has 0 bridgehead atoms. The normalized spacial score (nSPS) is 25.7. The van der Waals surface area contributed by atoms with Crippen molar-refractivity contribution in [3.63, 3.8) is 0 Å². The summed E-state index contributed by atoms with van der Waals surface area (Å²) in [6.07, 6.45) is 5.05. The highest BCUT2D eigenvalue weighted by molar-refractivity contribution is 5.81. The number of hydrogen-bond acceptors (Lipinski definition) is 4. The molecule has 4 N–H and O–H groups in total. The molecule has 0 aromatic carbocycles. The summed E-state index contributed by atoms with van der Waals surface area (Å²) in [5.74, 6) is 0.603. The van der Waals surface area contributed by atoms with Gasteiger partial charge in [-0.15, -0.1) is 0 Å². The predicted octanol–water partition coefficient (Wildman–Crippen LogP) is 0.265. The van der Waals surface area contributed by atoms with Gasteiger partial charge in [-0.05, 0) is 31.1 Å². The topological polar surface area (TPSA) is 84.6 Å². The number of amides is 1. The summed E-state index contributed by atoms with van der Waals surface area (Å²) >= 11 is 0. The number of methoxy groups -OCH3 is 1. The fourth-order valence-corrected chi connectivity index (χ4v) is 2.53. The molecule has 5 nitrogen and oxygen atoms in total. The fraction of sp³-hybridized carbons (Fsp3) is 0.923. The van der Waals surface area contributed by atoms with Gasteiger partial charge in [0.05, 0.1) is 6.04 Å². The van der Waals surface area contributed by atoms with Crippen LogP contribution in [0.2, 0.25) is 0 Å². The predicted molar refractivity (Wildman–Crippen MR) is 70.0 cm³/mol. The van der Waals surface area contributed by atoms with Gasteiger partial charge < -0.3 is 20.9 Å². The summed E-state index contributed by atoms with van der Waals surface area (Å²) in [6.45, 7) is 1.35. The first-order chi connectivity index (χ1) is 8.69. The quantitative estimate of drug-likeness (QED) is 0.612. The zero-order chi connectivity index (χ0) is 13.4. The van der Waals surface area contributed by atoms with Gasteiger partial charge in [0.1, 0.15) is 0 Å². The summed E-state index contributed by atoms with van der Waals surface area (Å²) in [5.41, 5.74) is 5.74. The molecule has 0 radical (unpaired) electrons. The van der Waals surface area contributed by atoms with E-state index in [1.54, 1.807) is 7.11 Å². The molecule has 0 aromatic heterocycles. The Morgan fingerprint density at radius 1 is 1.44 bits per heavy atom. The van der Waals surface area contributed by atoms with E-state index in [1.807, 2.05) is 0 Å². The molecule has 1 saturated carbocycles. The van der Waals surface area contributed by atoms with Gasteiger partial charge in [-0.2, -0.15) is 0 Å². The second-order valence-corrected chi connectivity index (χ2v) is 5.12. The largest absolute Gasteiger partial charge is 0.396 e. The van der Waals surface area contributed by atoms with Crippen molar-refractivity contribution in [2.75, 3.05) is 26.9 Å². The number of nitrogens with one attached hydrogen (secondary N) is 1. The van der Waals surface area contributed by atoms with Crippen molar-refractivity contribution in [3.8, 4) is 0 Å². The molecule has 0 aliphatic heterocycles. The summed E-state index contributed by atoms with van der Waals surface area (Å²) < 4.78 is 4.90. The maximum absolute atomic E-state index is 11.7. The molecule has 18 heavy (non-hydrogen) atoms. The van der Waals surface area contributed by atoms with Crippen LogP contribution >= 0.6 is 0 Å². The summed E-state index contributed by atoms with van der Waals surface area (Å²) in [6, 6.07) is -0.499. The van der Waals surface area contributed by atoms with E-state index in [-0.39, 0.29) is 12.5 Å².